The van der Waals surface area contributed by atoms with E-state index in [2.05, 4.69) is 22.3 Å². The van der Waals surface area contributed by atoms with E-state index in [4.69, 9.17) is 0 Å². The molecule has 1 aromatic carbocycles. The monoisotopic (exact) mass is 366 g/mol. The fraction of sp³-hybridized carbons (Fsp3) is 0.632. The molecule has 1 amide bonds. The maximum absolute atomic E-state index is 12.1. The second kappa shape index (κ2) is 9.34. The predicted octanol–water partition coefficient (Wildman–Crippen LogP) is 2.50. The topological polar surface area (TPSA) is 66.5 Å². The standard InChI is InChI=1S/C19H30N2O3S/c1-3-13-25(23,24)16(2)19(22)20-14-17-7-9-18(10-8-17)15-21-11-5-4-6-12-21/h7-10,16H,3-6,11-15H2,1-2H3,(H,20,22)/t16-/m0/s1. The van der Waals surface area contributed by atoms with Crippen molar-refractivity contribution in [3.05, 3.63) is 35.4 Å². The normalized spacial score (nSPS) is 17.2. The van der Waals surface area contributed by atoms with Crippen molar-refractivity contribution in [2.45, 2.75) is 57.9 Å². The molecule has 0 spiro atoms. The van der Waals surface area contributed by atoms with Crippen LogP contribution in [0.25, 0.3) is 0 Å². The molecular weight excluding hydrogens is 336 g/mol. The minimum absolute atomic E-state index is 0.0484. The van der Waals surface area contributed by atoms with E-state index >= 15 is 0 Å². The van der Waals surface area contributed by atoms with E-state index in [1.807, 2.05) is 12.1 Å². The Morgan fingerprint density at radius 3 is 2.32 bits per heavy atom. The number of likely N-dealkylation sites (tertiary alicyclic amines) is 1. The van der Waals surface area contributed by atoms with Gasteiger partial charge in [0.1, 0.15) is 5.25 Å². The molecule has 0 aromatic heterocycles. The molecule has 1 aliphatic rings. The van der Waals surface area contributed by atoms with Crippen molar-refractivity contribution in [2.24, 2.45) is 0 Å². The summed E-state index contributed by atoms with van der Waals surface area (Å²) in [4.78, 5) is 14.5. The first-order valence-electron chi connectivity index (χ1n) is 9.22. The number of benzene rings is 1. The third kappa shape index (κ3) is 6.12. The minimum Gasteiger partial charge on any atom is -0.351 e. The van der Waals surface area contributed by atoms with Crippen molar-refractivity contribution in [3.63, 3.8) is 0 Å². The van der Waals surface area contributed by atoms with Crippen molar-refractivity contribution in [3.8, 4) is 0 Å². The number of amides is 1. The van der Waals surface area contributed by atoms with Crippen molar-refractivity contribution in [1.82, 2.24) is 10.2 Å². The van der Waals surface area contributed by atoms with Gasteiger partial charge in [-0.2, -0.15) is 0 Å². The maximum Gasteiger partial charge on any atom is 0.238 e. The number of nitrogens with one attached hydrogen (secondary N) is 1. The van der Waals surface area contributed by atoms with E-state index in [0.29, 0.717) is 13.0 Å². The molecule has 0 bridgehead atoms. The van der Waals surface area contributed by atoms with Gasteiger partial charge in [0.2, 0.25) is 5.91 Å². The van der Waals surface area contributed by atoms with Gasteiger partial charge in [-0.05, 0) is 50.4 Å². The maximum atomic E-state index is 12.1. The zero-order valence-corrected chi connectivity index (χ0v) is 16.1. The van der Waals surface area contributed by atoms with Crippen LogP contribution in [0.1, 0.15) is 50.7 Å². The Kier molecular flexibility index (Phi) is 7.44. The Bertz CT molecular complexity index is 650. The molecular formula is C19H30N2O3S. The third-order valence-corrected chi connectivity index (χ3v) is 7.01. The summed E-state index contributed by atoms with van der Waals surface area (Å²) in [5.74, 6) is -0.377. The second-order valence-corrected chi connectivity index (χ2v) is 9.32. The molecule has 1 heterocycles. The van der Waals surface area contributed by atoms with Gasteiger partial charge in [-0.15, -0.1) is 0 Å². The van der Waals surface area contributed by atoms with E-state index in [1.165, 1.54) is 44.8 Å². The summed E-state index contributed by atoms with van der Waals surface area (Å²) in [6.07, 6.45) is 4.42. The van der Waals surface area contributed by atoms with E-state index in [0.717, 1.165) is 12.1 Å². The van der Waals surface area contributed by atoms with Crippen LogP contribution in [0.2, 0.25) is 0 Å². The van der Waals surface area contributed by atoms with Crippen LogP contribution in [-0.4, -0.2) is 43.3 Å². The Morgan fingerprint density at radius 1 is 1.12 bits per heavy atom. The minimum atomic E-state index is -3.35. The third-order valence-electron chi connectivity index (χ3n) is 4.74. The molecule has 1 aromatic rings. The Hall–Kier alpha value is -1.40. The molecule has 1 atom stereocenters. The number of carbonyl (C=O) groups excluding carboxylic acids is 1. The van der Waals surface area contributed by atoms with Crippen molar-refractivity contribution in [2.75, 3.05) is 18.8 Å². The number of nitrogens with zero attached hydrogens (tertiary/aromatic N) is 1. The van der Waals surface area contributed by atoms with Crippen LogP contribution in [0.3, 0.4) is 0 Å². The first kappa shape index (κ1) is 19.9. The lowest BCUT2D eigenvalue weighted by Crippen LogP contribution is -2.38. The van der Waals surface area contributed by atoms with Crippen LogP contribution in [-0.2, 0) is 27.7 Å². The average Bonchev–Trinajstić information content (AvgIpc) is 2.61. The zero-order chi connectivity index (χ0) is 18.3. The van der Waals surface area contributed by atoms with Gasteiger partial charge in [0.15, 0.2) is 9.84 Å². The van der Waals surface area contributed by atoms with Gasteiger partial charge in [-0.25, -0.2) is 8.42 Å². The smallest absolute Gasteiger partial charge is 0.238 e. The highest BCUT2D eigenvalue weighted by Gasteiger charge is 2.26. The van der Waals surface area contributed by atoms with Gasteiger partial charge < -0.3 is 5.32 Å². The predicted molar refractivity (Wildman–Crippen MR) is 101 cm³/mol. The number of carbonyl (C=O) groups is 1. The highest BCUT2D eigenvalue weighted by atomic mass is 32.2. The fourth-order valence-corrected chi connectivity index (χ4v) is 4.43. The Balaban J connectivity index is 1.83. The van der Waals surface area contributed by atoms with Gasteiger partial charge in [-0.3, -0.25) is 9.69 Å². The number of hydrogen-bond acceptors (Lipinski definition) is 4. The SMILES string of the molecule is CCCS(=O)(=O)[C@@H](C)C(=O)NCc1ccc(CN2CCCCC2)cc1. The molecule has 6 heteroatoms. The summed E-state index contributed by atoms with van der Waals surface area (Å²) in [6.45, 7) is 6.92. The van der Waals surface area contributed by atoms with Crippen LogP contribution < -0.4 is 5.32 Å². The molecule has 140 valence electrons. The molecule has 1 saturated heterocycles. The second-order valence-electron chi connectivity index (χ2n) is 6.88. The molecule has 25 heavy (non-hydrogen) atoms. The van der Waals surface area contributed by atoms with Crippen LogP contribution in [0.5, 0.6) is 0 Å². The van der Waals surface area contributed by atoms with E-state index in [9.17, 15) is 13.2 Å². The highest BCUT2D eigenvalue weighted by molar-refractivity contribution is 7.92. The lowest BCUT2D eigenvalue weighted by molar-refractivity contribution is -0.120. The van der Waals surface area contributed by atoms with Gasteiger partial charge in [0, 0.05) is 13.1 Å². The number of rotatable bonds is 8. The molecule has 0 radical (unpaired) electrons. The van der Waals surface area contributed by atoms with Gasteiger partial charge in [-0.1, -0.05) is 37.6 Å². The lowest BCUT2D eigenvalue weighted by Gasteiger charge is -2.26. The quantitative estimate of drug-likeness (QED) is 0.768. The van der Waals surface area contributed by atoms with Gasteiger partial charge in [0.25, 0.3) is 0 Å². The molecule has 5 nitrogen and oxygen atoms in total. The van der Waals surface area contributed by atoms with E-state index in [-0.39, 0.29) is 5.75 Å². The summed E-state index contributed by atoms with van der Waals surface area (Å²) in [5.41, 5.74) is 2.26. The van der Waals surface area contributed by atoms with E-state index in [1.54, 1.807) is 6.92 Å². The largest absolute Gasteiger partial charge is 0.351 e. The van der Waals surface area contributed by atoms with Crippen molar-refractivity contribution >= 4 is 15.7 Å². The lowest BCUT2D eigenvalue weighted by atomic mass is 10.1. The van der Waals surface area contributed by atoms with Gasteiger partial charge in [0.05, 0.1) is 5.75 Å². The number of piperidine rings is 1. The van der Waals surface area contributed by atoms with Crippen LogP contribution in [0.15, 0.2) is 24.3 Å². The molecule has 1 aliphatic heterocycles. The summed E-state index contributed by atoms with van der Waals surface area (Å²) < 4.78 is 23.9. The van der Waals surface area contributed by atoms with Crippen molar-refractivity contribution < 1.29 is 13.2 Å². The summed E-state index contributed by atoms with van der Waals surface area (Å²) in [5, 5.41) is 1.74. The Morgan fingerprint density at radius 2 is 1.72 bits per heavy atom. The molecule has 0 unspecified atom stereocenters. The Labute approximate surface area is 151 Å². The highest BCUT2D eigenvalue weighted by Crippen LogP contribution is 2.13. The molecule has 0 saturated carbocycles. The summed E-state index contributed by atoms with van der Waals surface area (Å²) in [7, 11) is -3.35. The average molecular weight is 367 g/mol. The summed E-state index contributed by atoms with van der Waals surface area (Å²) in [6, 6.07) is 8.19. The number of hydrogen-bond donors (Lipinski definition) is 1. The fourth-order valence-electron chi connectivity index (χ4n) is 3.10. The molecule has 1 N–H and O–H groups in total. The summed E-state index contributed by atoms with van der Waals surface area (Å²) >= 11 is 0. The number of sulfone groups is 1. The van der Waals surface area contributed by atoms with Crippen LogP contribution >= 0.6 is 0 Å². The van der Waals surface area contributed by atoms with Crippen molar-refractivity contribution in [1.29, 1.82) is 0 Å². The van der Waals surface area contributed by atoms with E-state index < -0.39 is 21.0 Å². The first-order valence-corrected chi connectivity index (χ1v) is 10.9. The van der Waals surface area contributed by atoms with Gasteiger partial charge >= 0.3 is 0 Å². The van der Waals surface area contributed by atoms with Crippen LogP contribution in [0.4, 0.5) is 0 Å². The zero-order valence-electron chi connectivity index (χ0n) is 15.3. The van der Waals surface area contributed by atoms with Crippen LogP contribution in [0, 0.1) is 0 Å². The molecule has 2 rings (SSSR count). The molecule has 0 aliphatic carbocycles. The molecule has 1 fully saturated rings. The first-order chi connectivity index (χ1) is 11.9.